The Morgan fingerprint density at radius 2 is 2.14 bits per heavy atom. The van der Waals surface area contributed by atoms with Crippen LogP contribution in [-0.2, 0) is 16.2 Å². The van der Waals surface area contributed by atoms with Gasteiger partial charge in [-0.2, -0.15) is 0 Å². The van der Waals surface area contributed by atoms with Crippen molar-refractivity contribution in [2.24, 2.45) is 10.9 Å². The Balaban J connectivity index is 1.71. The highest BCUT2D eigenvalue weighted by Gasteiger charge is 2.16. The van der Waals surface area contributed by atoms with Gasteiger partial charge in [-0.05, 0) is 30.5 Å². The van der Waals surface area contributed by atoms with Crippen LogP contribution in [0.15, 0.2) is 29.4 Å². The molecular formula is C16H22FN3O2. The van der Waals surface area contributed by atoms with Gasteiger partial charge in [0.1, 0.15) is 18.3 Å². The lowest BCUT2D eigenvalue weighted by Gasteiger charge is -2.22. The lowest BCUT2D eigenvalue weighted by Crippen LogP contribution is -2.38. The maximum Gasteiger partial charge on any atom is 0.227 e. The van der Waals surface area contributed by atoms with E-state index in [0.29, 0.717) is 5.56 Å². The Morgan fingerprint density at radius 1 is 1.36 bits per heavy atom. The number of hydrogen-bond donors (Lipinski definition) is 2. The van der Waals surface area contributed by atoms with E-state index in [9.17, 15) is 9.18 Å². The summed E-state index contributed by atoms with van der Waals surface area (Å²) in [4.78, 5) is 16.9. The molecule has 1 aromatic carbocycles. The Morgan fingerprint density at radius 3 is 2.86 bits per heavy atom. The van der Waals surface area contributed by atoms with Crippen molar-refractivity contribution in [2.45, 2.75) is 51.2 Å². The number of amides is 1. The van der Waals surface area contributed by atoms with Gasteiger partial charge in [0.15, 0.2) is 0 Å². The molecule has 0 saturated heterocycles. The summed E-state index contributed by atoms with van der Waals surface area (Å²) in [5, 5.41) is 6.65. The summed E-state index contributed by atoms with van der Waals surface area (Å²) in [6.07, 6.45) is 5.62. The zero-order valence-electron chi connectivity index (χ0n) is 12.6. The second-order valence-electron chi connectivity index (χ2n) is 5.57. The predicted octanol–water partition coefficient (Wildman–Crippen LogP) is 2.45. The molecule has 1 aliphatic carbocycles. The highest BCUT2D eigenvalue weighted by molar-refractivity contribution is 5.98. The van der Waals surface area contributed by atoms with Gasteiger partial charge in [0.25, 0.3) is 0 Å². The van der Waals surface area contributed by atoms with Crippen LogP contribution in [0.1, 0.15) is 44.1 Å². The van der Waals surface area contributed by atoms with Gasteiger partial charge in [-0.25, -0.2) is 4.39 Å². The second-order valence-corrected chi connectivity index (χ2v) is 5.57. The summed E-state index contributed by atoms with van der Waals surface area (Å²) in [5.41, 5.74) is 6.32. The molecule has 0 atom stereocenters. The number of carbonyl (C=O) groups is 1. The molecular weight excluding hydrogens is 285 g/mol. The van der Waals surface area contributed by atoms with Crippen LogP contribution in [0.25, 0.3) is 0 Å². The summed E-state index contributed by atoms with van der Waals surface area (Å²) in [5.74, 6) is -0.350. The van der Waals surface area contributed by atoms with E-state index in [1.165, 1.54) is 18.6 Å². The van der Waals surface area contributed by atoms with E-state index in [2.05, 4.69) is 10.5 Å². The molecule has 0 bridgehead atoms. The molecule has 0 heterocycles. The van der Waals surface area contributed by atoms with E-state index >= 15 is 0 Å². The molecule has 0 aliphatic heterocycles. The van der Waals surface area contributed by atoms with Gasteiger partial charge in [-0.1, -0.05) is 36.6 Å². The van der Waals surface area contributed by atoms with Crippen LogP contribution in [0.4, 0.5) is 4.39 Å². The molecule has 1 amide bonds. The molecule has 0 radical (unpaired) electrons. The normalized spacial score (nSPS) is 16.3. The van der Waals surface area contributed by atoms with Crippen LogP contribution in [0.2, 0.25) is 0 Å². The first-order valence-electron chi connectivity index (χ1n) is 7.61. The zero-order valence-corrected chi connectivity index (χ0v) is 12.6. The van der Waals surface area contributed by atoms with Gasteiger partial charge in [0.2, 0.25) is 5.91 Å². The van der Waals surface area contributed by atoms with Crippen LogP contribution in [-0.4, -0.2) is 17.8 Å². The molecule has 0 unspecified atom stereocenters. The summed E-state index contributed by atoms with van der Waals surface area (Å²) < 4.78 is 13.0. The molecule has 5 nitrogen and oxygen atoms in total. The minimum atomic E-state index is -0.329. The van der Waals surface area contributed by atoms with Crippen molar-refractivity contribution in [3.63, 3.8) is 0 Å². The second kappa shape index (κ2) is 8.36. The summed E-state index contributed by atoms with van der Waals surface area (Å²) >= 11 is 0. The number of nitrogens with two attached hydrogens (primary N) is 1. The average molecular weight is 307 g/mol. The van der Waals surface area contributed by atoms with Gasteiger partial charge in [-0.15, -0.1) is 0 Å². The fourth-order valence-electron chi connectivity index (χ4n) is 2.54. The first kappa shape index (κ1) is 16.3. The maximum absolute atomic E-state index is 13.0. The van der Waals surface area contributed by atoms with Crippen molar-refractivity contribution in [3.05, 3.63) is 35.6 Å². The molecule has 6 heteroatoms. The van der Waals surface area contributed by atoms with Crippen LogP contribution in [0.5, 0.6) is 0 Å². The Bertz CT molecular complexity index is 528. The molecule has 1 saturated carbocycles. The van der Waals surface area contributed by atoms with E-state index in [1.54, 1.807) is 12.1 Å². The summed E-state index contributed by atoms with van der Waals surface area (Å²) in [6.45, 7) is 0.114. The largest absolute Gasteiger partial charge is 0.389 e. The molecule has 22 heavy (non-hydrogen) atoms. The van der Waals surface area contributed by atoms with Crippen LogP contribution in [0, 0.1) is 5.82 Å². The van der Waals surface area contributed by atoms with Crippen molar-refractivity contribution in [3.8, 4) is 0 Å². The van der Waals surface area contributed by atoms with Gasteiger partial charge in [0, 0.05) is 6.04 Å². The fraction of sp³-hybridized carbons (Fsp3) is 0.500. The minimum Gasteiger partial charge on any atom is -0.389 e. The maximum atomic E-state index is 13.0. The fourth-order valence-corrected chi connectivity index (χ4v) is 2.54. The van der Waals surface area contributed by atoms with E-state index in [0.717, 1.165) is 25.7 Å². The molecule has 2 rings (SSSR count). The van der Waals surface area contributed by atoms with Gasteiger partial charge >= 0.3 is 0 Å². The first-order chi connectivity index (χ1) is 10.6. The van der Waals surface area contributed by atoms with E-state index in [1.807, 2.05) is 0 Å². The van der Waals surface area contributed by atoms with Crippen molar-refractivity contribution in [2.75, 3.05) is 0 Å². The standard InChI is InChI=1S/C16H22FN3O2/c17-13-6-4-5-12(9-13)11-22-20-15(18)10-16(21)19-14-7-2-1-3-8-14/h4-6,9,14H,1-3,7-8,10-11H2,(H2,18,20)(H,19,21). The third-order valence-corrected chi connectivity index (χ3v) is 3.61. The topological polar surface area (TPSA) is 76.7 Å². The van der Waals surface area contributed by atoms with Crippen LogP contribution < -0.4 is 11.1 Å². The number of carbonyl (C=O) groups excluding carboxylic acids is 1. The molecule has 1 aromatic rings. The van der Waals surface area contributed by atoms with Crippen molar-refractivity contribution in [1.29, 1.82) is 0 Å². The van der Waals surface area contributed by atoms with E-state index < -0.39 is 0 Å². The number of oxime groups is 1. The highest BCUT2D eigenvalue weighted by atomic mass is 19.1. The Labute approximate surface area is 129 Å². The third kappa shape index (κ3) is 5.71. The average Bonchev–Trinajstić information content (AvgIpc) is 2.48. The number of nitrogens with zero attached hydrogens (tertiary/aromatic N) is 1. The lowest BCUT2D eigenvalue weighted by molar-refractivity contribution is -0.120. The number of hydrogen-bond acceptors (Lipinski definition) is 3. The van der Waals surface area contributed by atoms with Gasteiger partial charge in [0.05, 0.1) is 6.42 Å². The molecule has 3 N–H and O–H groups in total. The van der Waals surface area contributed by atoms with Crippen molar-refractivity contribution < 1.29 is 14.0 Å². The molecule has 0 aromatic heterocycles. The molecule has 0 spiro atoms. The van der Waals surface area contributed by atoms with Gasteiger partial charge < -0.3 is 15.9 Å². The van der Waals surface area contributed by atoms with Crippen LogP contribution >= 0.6 is 0 Å². The molecule has 1 fully saturated rings. The smallest absolute Gasteiger partial charge is 0.227 e. The quantitative estimate of drug-likeness (QED) is 0.481. The van der Waals surface area contributed by atoms with E-state index in [-0.39, 0.29) is 36.6 Å². The van der Waals surface area contributed by atoms with E-state index in [4.69, 9.17) is 10.6 Å². The Kier molecular flexibility index (Phi) is 6.18. The number of halogens is 1. The number of nitrogens with one attached hydrogen (secondary N) is 1. The summed E-state index contributed by atoms with van der Waals surface area (Å²) in [6, 6.07) is 6.30. The predicted molar refractivity (Wildman–Crippen MR) is 82.4 cm³/mol. The SMILES string of the molecule is N/C(CC(=O)NC1CCCCC1)=N/OCc1cccc(F)c1. The first-order valence-corrected chi connectivity index (χ1v) is 7.61. The number of benzene rings is 1. The van der Waals surface area contributed by atoms with Gasteiger partial charge in [-0.3, -0.25) is 4.79 Å². The number of rotatable bonds is 6. The molecule has 120 valence electrons. The van der Waals surface area contributed by atoms with Crippen LogP contribution in [0.3, 0.4) is 0 Å². The highest BCUT2D eigenvalue weighted by Crippen LogP contribution is 2.17. The lowest BCUT2D eigenvalue weighted by atomic mass is 9.95. The van der Waals surface area contributed by atoms with Crippen molar-refractivity contribution >= 4 is 11.7 Å². The van der Waals surface area contributed by atoms with Crippen molar-refractivity contribution in [1.82, 2.24) is 5.32 Å². The molecule has 1 aliphatic rings. The number of amidine groups is 1. The summed E-state index contributed by atoms with van der Waals surface area (Å²) in [7, 11) is 0. The third-order valence-electron chi connectivity index (χ3n) is 3.61. The monoisotopic (exact) mass is 307 g/mol. The Hall–Kier alpha value is -2.11. The zero-order chi connectivity index (χ0) is 15.8. The minimum absolute atomic E-state index is 0.0135.